The molecule has 1 aliphatic carbocycles. The number of nitrogens with one attached hydrogen (secondary N) is 1. The van der Waals surface area contributed by atoms with Gasteiger partial charge in [0.25, 0.3) is 0 Å². The molecule has 1 heterocycles. The second-order valence-electron chi connectivity index (χ2n) is 4.96. The van der Waals surface area contributed by atoms with E-state index in [2.05, 4.69) is 18.3 Å². The highest BCUT2D eigenvalue weighted by Gasteiger charge is 2.17. The Hall–Kier alpha value is -0.0500. The molecular weight excluding hydrogens is 238 g/mol. The van der Waals surface area contributed by atoms with Gasteiger partial charge < -0.3 is 5.32 Å². The number of rotatable bonds is 4. The van der Waals surface area contributed by atoms with Gasteiger partial charge in [-0.2, -0.15) is 0 Å². The molecule has 0 aromatic carbocycles. The maximum atomic E-state index is 5.89. The third-order valence-electron chi connectivity index (χ3n) is 3.50. The zero-order chi connectivity index (χ0) is 11.4. The summed E-state index contributed by atoms with van der Waals surface area (Å²) in [6, 6.07) is 4.09. The van der Waals surface area contributed by atoms with Crippen molar-refractivity contribution in [2.45, 2.75) is 39.2 Å². The van der Waals surface area contributed by atoms with Crippen molar-refractivity contribution in [2.75, 3.05) is 6.54 Å². The van der Waals surface area contributed by atoms with Gasteiger partial charge in [-0.3, -0.25) is 0 Å². The van der Waals surface area contributed by atoms with Crippen molar-refractivity contribution >= 4 is 22.9 Å². The monoisotopic (exact) mass is 257 g/mol. The molecule has 1 nitrogen and oxygen atoms in total. The van der Waals surface area contributed by atoms with Gasteiger partial charge in [0, 0.05) is 11.4 Å². The lowest BCUT2D eigenvalue weighted by molar-refractivity contribution is 0.281. The summed E-state index contributed by atoms with van der Waals surface area (Å²) in [7, 11) is 0. The van der Waals surface area contributed by atoms with Crippen LogP contribution in [-0.2, 0) is 6.54 Å². The largest absolute Gasteiger partial charge is 0.312 e. The van der Waals surface area contributed by atoms with Crippen LogP contribution < -0.4 is 5.32 Å². The van der Waals surface area contributed by atoms with Crippen molar-refractivity contribution in [1.82, 2.24) is 5.32 Å². The summed E-state index contributed by atoms with van der Waals surface area (Å²) in [5.41, 5.74) is 0. The Bertz CT molecular complexity index is 315. The first kappa shape index (κ1) is 12.4. The molecule has 1 N–H and O–H groups in total. The molecule has 0 saturated heterocycles. The molecule has 3 heteroatoms. The maximum Gasteiger partial charge on any atom is 0.0931 e. The smallest absolute Gasteiger partial charge is 0.0931 e. The van der Waals surface area contributed by atoms with Crippen LogP contribution in [0.1, 0.15) is 37.5 Å². The van der Waals surface area contributed by atoms with E-state index in [0.717, 1.165) is 22.7 Å². The minimum Gasteiger partial charge on any atom is -0.312 e. The summed E-state index contributed by atoms with van der Waals surface area (Å²) in [5.74, 6) is 1.85. The first-order chi connectivity index (χ1) is 7.74. The van der Waals surface area contributed by atoms with Gasteiger partial charge in [-0.05, 0) is 43.4 Å². The zero-order valence-electron chi connectivity index (χ0n) is 9.84. The molecule has 0 unspecified atom stereocenters. The minimum atomic E-state index is 0.892. The maximum absolute atomic E-state index is 5.89. The Labute approximate surface area is 107 Å². The SMILES string of the molecule is CC1CCC(CNCc2ccc(Cl)s2)CC1. The minimum absolute atomic E-state index is 0.892. The first-order valence-corrected chi connectivity index (χ1v) is 7.38. The molecule has 1 aliphatic rings. The summed E-state index contributed by atoms with van der Waals surface area (Å²) in [6.45, 7) is 4.52. The van der Waals surface area contributed by atoms with Crippen molar-refractivity contribution in [1.29, 1.82) is 0 Å². The third kappa shape index (κ3) is 3.76. The first-order valence-electron chi connectivity index (χ1n) is 6.19. The molecule has 2 rings (SSSR count). The van der Waals surface area contributed by atoms with Crippen molar-refractivity contribution in [2.24, 2.45) is 11.8 Å². The van der Waals surface area contributed by atoms with E-state index in [1.165, 1.54) is 37.1 Å². The number of halogens is 1. The van der Waals surface area contributed by atoms with Crippen LogP contribution in [0.3, 0.4) is 0 Å². The topological polar surface area (TPSA) is 12.0 Å². The second-order valence-corrected chi connectivity index (χ2v) is 6.76. The Morgan fingerprint density at radius 1 is 1.31 bits per heavy atom. The van der Waals surface area contributed by atoms with Crippen LogP contribution in [0, 0.1) is 11.8 Å². The molecule has 1 aromatic rings. The van der Waals surface area contributed by atoms with Crippen LogP contribution in [0.2, 0.25) is 4.34 Å². The Kier molecular flexibility index (Phi) is 4.68. The van der Waals surface area contributed by atoms with E-state index >= 15 is 0 Å². The van der Waals surface area contributed by atoms with Gasteiger partial charge in [0.2, 0.25) is 0 Å². The van der Waals surface area contributed by atoms with E-state index in [1.54, 1.807) is 11.3 Å². The fourth-order valence-electron chi connectivity index (χ4n) is 2.38. The van der Waals surface area contributed by atoms with Gasteiger partial charge in [-0.25, -0.2) is 0 Å². The Morgan fingerprint density at radius 2 is 2.06 bits per heavy atom. The second kappa shape index (κ2) is 6.04. The summed E-state index contributed by atoms with van der Waals surface area (Å²) < 4.78 is 0.892. The van der Waals surface area contributed by atoms with E-state index in [4.69, 9.17) is 11.6 Å². The van der Waals surface area contributed by atoms with Crippen LogP contribution in [0.5, 0.6) is 0 Å². The molecule has 90 valence electrons. The van der Waals surface area contributed by atoms with Crippen LogP contribution in [0.4, 0.5) is 0 Å². The predicted molar refractivity (Wildman–Crippen MR) is 72.2 cm³/mol. The van der Waals surface area contributed by atoms with Gasteiger partial charge in [-0.1, -0.05) is 31.4 Å². The summed E-state index contributed by atoms with van der Waals surface area (Å²) in [5, 5.41) is 3.55. The lowest BCUT2D eigenvalue weighted by Crippen LogP contribution is -2.25. The standard InChI is InChI=1S/C13H20ClNS/c1-10-2-4-11(5-3-10)8-15-9-12-6-7-13(14)16-12/h6-7,10-11,15H,2-5,8-9H2,1H3. The molecular formula is C13H20ClNS. The van der Waals surface area contributed by atoms with Gasteiger partial charge in [0.05, 0.1) is 4.34 Å². The van der Waals surface area contributed by atoms with Crippen LogP contribution >= 0.6 is 22.9 Å². The highest BCUT2D eigenvalue weighted by molar-refractivity contribution is 7.16. The highest BCUT2D eigenvalue weighted by Crippen LogP contribution is 2.28. The van der Waals surface area contributed by atoms with Gasteiger partial charge in [-0.15, -0.1) is 11.3 Å². The molecule has 0 bridgehead atoms. The number of hydrogen-bond donors (Lipinski definition) is 1. The van der Waals surface area contributed by atoms with Crippen LogP contribution in [0.15, 0.2) is 12.1 Å². The molecule has 1 saturated carbocycles. The average molecular weight is 258 g/mol. The molecule has 0 aliphatic heterocycles. The van der Waals surface area contributed by atoms with Gasteiger partial charge in [0.15, 0.2) is 0 Å². The van der Waals surface area contributed by atoms with E-state index in [1.807, 2.05) is 6.07 Å². The Morgan fingerprint density at radius 3 is 2.69 bits per heavy atom. The third-order valence-corrected chi connectivity index (χ3v) is 4.73. The van der Waals surface area contributed by atoms with Crippen molar-refractivity contribution < 1.29 is 0 Å². The van der Waals surface area contributed by atoms with Crippen molar-refractivity contribution in [3.05, 3.63) is 21.3 Å². The molecule has 16 heavy (non-hydrogen) atoms. The quantitative estimate of drug-likeness (QED) is 0.847. The highest BCUT2D eigenvalue weighted by atomic mass is 35.5. The van der Waals surface area contributed by atoms with Crippen LogP contribution in [-0.4, -0.2) is 6.54 Å². The summed E-state index contributed by atoms with van der Waals surface area (Å²) >= 11 is 7.57. The predicted octanol–water partition coefficient (Wildman–Crippen LogP) is 4.32. The van der Waals surface area contributed by atoms with Crippen molar-refractivity contribution in [3.8, 4) is 0 Å². The summed E-state index contributed by atoms with van der Waals surface area (Å²) in [6.07, 6.45) is 5.63. The number of hydrogen-bond acceptors (Lipinski definition) is 2. The number of thiophene rings is 1. The molecule has 1 fully saturated rings. The fraction of sp³-hybridized carbons (Fsp3) is 0.692. The lowest BCUT2D eigenvalue weighted by Gasteiger charge is -2.26. The van der Waals surface area contributed by atoms with Gasteiger partial charge >= 0.3 is 0 Å². The van der Waals surface area contributed by atoms with Gasteiger partial charge in [0.1, 0.15) is 0 Å². The fourth-order valence-corrected chi connectivity index (χ4v) is 3.44. The van der Waals surface area contributed by atoms with E-state index in [0.29, 0.717) is 0 Å². The Balaban J connectivity index is 1.64. The molecule has 1 aromatic heterocycles. The molecule has 0 atom stereocenters. The van der Waals surface area contributed by atoms with E-state index < -0.39 is 0 Å². The van der Waals surface area contributed by atoms with Crippen LogP contribution in [0.25, 0.3) is 0 Å². The average Bonchev–Trinajstić information content (AvgIpc) is 2.67. The molecule has 0 amide bonds. The molecule has 0 spiro atoms. The molecule has 0 radical (unpaired) electrons. The van der Waals surface area contributed by atoms with Crippen molar-refractivity contribution in [3.63, 3.8) is 0 Å². The normalized spacial score (nSPS) is 25.9. The zero-order valence-corrected chi connectivity index (χ0v) is 11.4. The van der Waals surface area contributed by atoms with E-state index in [9.17, 15) is 0 Å². The van der Waals surface area contributed by atoms with E-state index in [-0.39, 0.29) is 0 Å². The summed E-state index contributed by atoms with van der Waals surface area (Å²) in [4.78, 5) is 1.34. The lowest BCUT2D eigenvalue weighted by atomic mass is 9.83.